The van der Waals surface area contributed by atoms with Gasteiger partial charge in [-0.15, -0.1) is 0 Å². The van der Waals surface area contributed by atoms with Gasteiger partial charge in [-0.1, -0.05) is 0 Å². The van der Waals surface area contributed by atoms with Crippen LogP contribution < -0.4 is 0 Å². The van der Waals surface area contributed by atoms with Crippen LogP contribution in [0.2, 0.25) is 0 Å². The van der Waals surface area contributed by atoms with Gasteiger partial charge in [-0.25, -0.2) is 13.8 Å². The Bertz CT molecular complexity index is 604. The number of rotatable bonds is 1. The van der Waals surface area contributed by atoms with E-state index in [1.54, 1.807) is 0 Å². The summed E-state index contributed by atoms with van der Waals surface area (Å²) >= 11 is 0.789. The normalized spacial score (nSPS) is 14.6. The highest BCUT2D eigenvalue weighted by Gasteiger charge is 2.36. The van der Waals surface area contributed by atoms with E-state index in [2.05, 4.69) is 9.36 Å². The summed E-state index contributed by atoms with van der Waals surface area (Å²) in [7, 11) is 0. The first kappa shape index (κ1) is 16.8. The summed E-state index contributed by atoms with van der Waals surface area (Å²) in [5.74, 6) is -3.22. The minimum atomic E-state index is -4.89. The summed E-state index contributed by atoms with van der Waals surface area (Å²) in [6.45, 7) is 2.00. The Balaban J connectivity index is 0.000000299. The van der Waals surface area contributed by atoms with Crippen molar-refractivity contribution in [2.75, 3.05) is 13.2 Å². The molecule has 3 rings (SSSR count). The molecule has 1 saturated heterocycles. The maximum Gasteiger partial charge on any atom is 0.419 e. The van der Waals surface area contributed by atoms with Gasteiger partial charge in [-0.05, 0) is 36.5 Å². The third-order valence-electron chi connectivity index (χ3n) is 2.81. The van der Waals surface area contributed by atoms with Gasteiger partial charge in [0.15, 0.2) is 5.82 Å². The molecule has 2 aromatic rings. The van der Waals surface area contributed by atoms with E-state index >= 15 is 0 Å². The van der Waals surface area contributed by atoms with Gasteiger partial charge in [-0.2, -0.15) is 17.5 Å². The number of nitrogens with zero attached hydrogens (tertiary/aromatic N) is 2. The number of hydrogen-bond acceptors (Lipinski definition) is 4. The number of hydrogen-bond donors (Lipinski definition) is 0. The first-order chi connectivity index (χ1) is 10.4. The number of halogens is 5. The average Bonchev–Trinajstić information content (AvgIpc) is 3.14. The zero-order chi connectivity index (χ0) is 16.2. The van der Waals surface area contributed by atoms with Crippen LogP contribution in [0.1, 0.15) is 18.4 Å². The summed E-state index contributed by atoms with van der Waals surface area (Å²) in [6.07, 6.45) is -2.33. The Morgan fingerprint density at radius 1 is 1.09 bits per heavy atom. The first-order valence-electron chi connectivity index (χ1n) is 6.31. The Labute approximate surface area is 126 Å². The second-order valence-corrected chi connectivity index (χ2v) is 4.96. The quantitative estimate of drug-likeness (QED) is 0.727. The molecule has 1 fully saturated rings. The second kappa shape index (κ2) is 7.10. The fourth-order valence-electron chi connectivity index (χ4n) is 1.77. The Morgan fingerprint density at radius 2 is 1.77 bits per heavy atom. The molecule has 0 bridgehead atoms. The van der Waals surface area contributed by atoms with Crippen molar-refractivity contribution < 1.29 is 26.7 Å². The molecular weight excluding hydrogens is 327 g/mol. The lowest BCUT2D eigenvalue weighted by atomic mass is 10.1. The lowest BCUT2D eigenvalue weighted by Crippen LogP contribution is -2.10. The number of benzene rings is 1. The monoisotopic (exact) mass is 338 g/mol. The molecular formula is C13H11F5N2OS. The highest BCUT2D eigenvalue weighted by molar-refractivity contribution is 7.03. The average molecular weight is 338 g/mol. The molecule has 1 aliphatic rings. The lowest BCUT2D eigenvalue weighted by molar-refractivity contribution is -0.139. The molecule has 0 unspecified atom stereocenters. The van der Waals surface area contributed by atoms with E-state index in [9.17, 15) is 22.0 Å². The zero-order valence-corrected chi connectivity index (χ0v) is 12.0. The van der Waals surface area contributed by atoms with Crippen LogP contribution >= 0.6 is 11.5 Å². The van der Waals surface area contributed by atoms with Crippen molar-refractivity contribution in [3.63, 3.8) is 0 Å². The molecule has 120 valence electrons. The smallest absolute Gasteiger partial charge is 0.381 e. The summed E-state index contributed by atoms with van der Waals surface area (Å²) < 4.78 is 72.5. The minimum Gasteiger partial charge on any atom is -0.381 e. The van der Waals surface area contributed by atoms with E-state index in [4.69, 9.17) is 4.74 Å². The van der Waals surface area contributed by atoms with Gasteiger partial charge in [0.05, 0.1) is 11.1 Å². The third-order valence-corrected chi connectivity index (χ3v) is 3.29. The van der Waals surface area contributed by atoms with Crippen molar-refractivity contribution in [3.05, 3.63) is 34.8 Å². The second-order valence-electron chi connectivity index (χ2n) is 4.36. The van der Waals surface area contributed by atoms with Crippen LogP contribution in [0.5, 0.6) is 0 Å². The molecule has 9 heteroatoms. The molecule has 2 heterocycles. The Kier molecular flexibility index (Phi) is 5.41. The van der Waals surface area contributed by atoms with Crippen LogP contribution in [0.25, 0.3) is 11.4 Å². The highest BCUT2D eigenvalue weighted by Crippen LogP contribution is 2.36. The van der Waals surface area contributed by atoms with E-state index in [0.717, 1.165) is 24.7 Å². The first-order valence-corrected chi connectivity index (χ1v) is 7.14. The lowest BCUT2D eigenvalue weighted by Gasteiger charge is -2.10. The van der Waals surface area contributed by atoms with Gasteiger partial charge in [0.25, 0.3) is 0 Å². The van der Waals surface area contributed by atoms with Crippen molar-refractivity contribution in [1.82, 2.24) is 9.36 Å². The van der Waals surface area contributed by atoms with Crippen LogP contribution in [0, 0.1) is 11.6 Å². The predicted molar refractivity (Wildman–Crippen MR) is 70.3 cm³/mol. The molecule has 3 nitrogen and oxygen atoms in total. The van der Waals surface area contributed by atoms with E-state index in [-0.39, 0.29) is 0 Å². The molecule has 0 atom stereocenters. The fraction of sp³-hybridized carbons (Fsp3) is 0.385. The predicted octanol–water partition coefficient (Wildman–Crippen LogP) is 4.30. The van der Waals surface area contributed by atoms with Gasteiger partial charge < -0.3 is 4.74 Å². The maximum absolute atomic E-state index is 13.6. The molecule has 1 aromatic carbocycles. The van der Waals surface area contributed by atoms with Crippen molar-refractivity contribution in [3.8, 4) is 11.4 Å². The molecule has 0 N–H and O–H groups in total. The van der Waals surface area contributed by atoms with E-state index in [1.165, 1.54) is 18.4 Å². The summed E-state index contributed by atoms with van der Waals surface area (Å²) in [5, 5.41) is 0. The van der Waals surface area contributed by atoms with Crippen molar-refractivity contribution in [2.24, 2.45) is 0 Å². The van der Waals surface area contributed by atoms with Crippen LogP contribution in [-0.2, 0) is 10.9 Å². The van der Waals surface area contributed by atoms with Crippen molar-refractivity contribution >= 4 is 11.5 Å². The number of ether oxygens (including phenoxy) is 1. The highest BCUT2D eigenvalue weighted by atomic mass is 32.1. The van der Waals surface area contributed by atoms with Gasteiger partial charge >= 0.3 is 6.18 Å². The largest absolute Gasteiger partial charge is 0.419 e. The molecule has 1 aliphatic heterocycles. The SMILES string of the molecule is C1CCOC1.Fc1ccc(C(F)(F)F)c(F)c1-c1ncsn1. The molecule has 0 aliphatic carbocycles. The van der Waals surface area contributed by atoms with Crippen LogP contribution in [0.4, 0.5) is 22.0 Å². The summed E-state index contributed by atoms with van der Waals surface area (Å²) in [4.78, 5) is 3.49. The Morgan fingerprint density at radius 3 is 2.23 bits per heavy atom. The number of alkyl halides is 3. The van der Waals surface area contributed by atoms with E-state index < -0.39 is 34.8 Å². The number of aromatic nitrogens is 2. The minimum absolute atomic E-state index is 0.348. The van der Waals surface area contributed by atoms with Crippen molar-refractivity contribution in [2.45, 2.75) is 19.0 Å². The topological polar surface area (TPSA) is 35.0 Å². The molecule has 1 aromatic heterocycles. The van der Waals surface area contributed by atoms with Gasteiger partial charge in [-0.3, -0.25) is 0 Å². The molecule has 22 heavy (non-hydrogen) atoms. The summed E-state index contributed by atoms with van der Waals surface area (Å²) in [5.41, 5.74) is -1.22. The molecule has 0 spiro atoms. The Hall–Kier alpha value is -1.61. The van der Waals surface area contributed by atoms with Crippen LogP contribution in [0.3, 0.4) is 0 Å². The van der Waals surface area contributed by atoms with Gasteiger partial charge in [0.1, 0.15) is 17.1 Å². The van der Waals surface area contributed by atoms with Gasteiger partial charge in [0.2, 0.25) is 0 Å². The maximum atomic E-state index is 13.6. The van der Waals surface area contributed by atoms with E-state index in [1.807, 2.05) is 0 Å². The molecule has 0 saturated carbocycles. The molecule has 0 radical (unpaired) electrons. The summed E-state index contributed by atoms with van der Waals surface area (Å²) in [6, 6.07) is 0.892. The standard InChI is InChI=1S/C9H3F5N2S.C4H8O/c10-5-2-1-4(9(12,13)14)7(11)6(5)8-15-3-17-16-8;1-2-4-5-3-1/h1-3H;1-4H2. The third kappa shape index (κ3) is 3.98. The van der Waals surface area contributed by atoms with Crippen LogP contribution in [-0.4, -0.2) is 22.6 Å². The zero-order valence-electron chi connectivity index (χ0n) is 11.2. The van der Waals surface area contributed by atoms with Gasteiger partial charge in [0, 0.05) is 13.2 Å². The van der Waals surface area contributed by atoms with Crippen molar-refractivity contribution in [1.29, 1.82) is 0 Å². The molecule has 0 amide bonds. The van der Waals surface area contributed by atoms with E-state index in [0.29, 0.717) is 12.1 Å². The fourth-order valence-corrected chi connectivity index (χ4v) is 2.20. The van der Waals surface area contributed by atoms with Crippen LogP contribution in [0.15, 0.2) is 17.6 Å².